The van der Waals surface area contributed by atoms with Gasteiger partial charge >= 0.3 is 0 Å². The number of sulfonamides is 1. The van der Waals surface area contributed by atoms with Crippen LogP contribution in [0.15, 0.2) is 59.5 Å². The third kappa shape index (κ3) is 7.40. The van der Waals surface area contributed by atoms with E-state index in [1.54, 1.807) is 42.2 Å². The fourth-order valence-corrected chi connectivity index (χ4v) is 4.67. The average Bonchev–Trinajstić information content (AvgIpc) is 2.81. The molecule has 2 rings (SSSR count). The SMILES string of the molecule is CCCNC(=O)C(C)N(Cc1ccccc1C)C(=O)CCCN(C)S(=O)(=O)c1ccccc1. The lowest BCUT2D eigenvalue weighted by Gasteiger charge is -2.29. The second-order valence-electron chi connectivity index (χ2n) is 8.16. The molecule has 1 N–H and O–H groups in total. The van der Waals surface area contributed by atoms with Crippen molar-refractivity contribution in [3.8, 4) is 0 Å². The first-order valence-electron chi connectivity index (χ1n) is 11.3. The highest BCUT2D eigenvalue weighted by Crippen LogP contribution is 2.17. The quantitative estimate of drug-likeness (QED) is 0.512. The van der Waals surface area contributed by atoms with Gasteiger partial charge in [0.15, 0.2) is 0 Å². The van der Waals surface area contributed by atoms with Crippen LogP contribution >= 0.6 is 0 Å². The van der Waals surface area contributed by atoms with Crippen molar-refractivity contribution < 1.29 is 18.0 Å². The molecular weight excluding hydrogens is 438 g/mol. The Morgan fingerprint density at radius 3 is 2.30 bits per heavy atom. The first kappa shape index (κ1) is 26.5. The number of nitrogens with zero attached hydrogens (tertiary/aromatic N) is 2. The molecular formula is C25H35N3O4S. The van der Waals surface area contributed by atoms with E-state index in [1.807, 2.05) is 38.1 Å². The van der Waals surface area contributed by atoms with E-state index < -0.39 is 16.1 Å². The molecule has 2 amide bonds. The standard InChI is InChI=1S/C25H35N3O4S/c1-5-17-26-25(30)21(3)28(19-22-13-10-9-12-20(22)2)24(29)16-11-18-27(4)33(31,32)23-14-7-6-8-15-23/h6-10,12-15,21H,5,11,16-19H2,1-4H3,(H,26,30). The lowest BCUT2D eigenvalue weighted by atomic mass is 10.1. The van der Waals surface area contributed by atoms with E-state index in [2.05, 4.69) is 5.32 Å². The number of hydrogen-bond acceptors (Lipinski definition) is 4. The highest BCUT2D eigenvalue weighted by atomic mass is 32.2. The molecule has 1 unspecified atom stereocenters. The summed E-state index contributed by atoms with van der Waals surface area (Å²) in [4.78, 5) is 27.6. The third-order valence-electron chi connectivity index (χ3n) is 5.63. The van der Waals surface area contributed by atoms with Crippen LogP contribution in [0, 0.1) is 6.92 Å². The Labute approximate surface area is 197 Å². The van der Waals surface area contributed by atoms with Gasteiger partial charge in [0.05, 0.1) is 4.90 Å². The molecule has 0 aromatic heterocycles. The fourth-order valence-electron chi connectivity index (χ4n) is 3.44. The molecule has 0 saturated heterocycles. The van der Waals surface area contributed by atoms with E-state index in [9.17, 15) is 18.0 Å². The maximum Gasteiger partial charge on any atom is 0.242 e. The number of carbonyl (C=O) groups is 2. The smallest absolute Gasteiger partial charge is 0.242 e. The van der Waals surface area contributed by atoms with Crippen molar-refractivity contribution in [1.82, 2.24) is 14.5 Å². The largest absolute Gasteiger partial charge is 0.354 e. The van der Waals surface area contributed by atoms with Crippen molar-refractivity contribution in [1.29, 1.82) is 0 Å². The highest BCUT2D eigenvalue weighted by molar-refractivity contribution is 7.89. The first-order chi connectivity index (χ1) is 15.7. The molecule has 0 fully saturated rings. The molecule has 0 aliphatic rings. The maximum atomic E-state index is 13.2. The van der Waals surface area contributed by atoms with Gasteiger partial charge in [-0.25, -0.2) is 12.7 Å². The summed E-state index contributed by atoms with van der Waals surface area (Å²) in [5, 5.41) is 2.86. The van der Waals surface area contributed by atoms with Gasteiger partial charge in [-0.15, -0.1) is 0 Å². The van der Waals surface area contributed by atoms with Gasteiger partial charge in [-0.3, -0.25) is 9.59 Å². The summed E-state index contributed by atoms with van der Waals surface area (Å²) in [6.45, 7) is 6.76. The summed E-state index contributed by atoms with van der Waals surface area (Å²) < 4.78 is 26.7. The van der Waals surface area contributed by atoms with Gasteiger partial charge in [0.2, 0.25) is 21.8 Å². The highest BCUT2D eigenvalue weighted by Gasteiger charge is 2.27. The van der Waals surface area contributed by atoms with E-state index in [1.165, 1.54) is 11.4 Å². The Bertz CT molecular complexity index is 1020. The lowest BCUT2D eigenvalue weighted by molar-refractivity contribution is -0.140. The van der Waals surface area contributed by atoms with E-state index in [0.717, 1.165) is 17.5 Å². The second kappa shape index (κ2) is 12.5. The third-order valence-corrected chi connectivity index (χ3v) is 7.50. The molecule has 0 saturated carbocycles. The minimum Gasteiger partial charge on any atom is -0.354 e. The van der Waals surface area contributed by atoms with Crippen molar-refractivity contribution in [3.63, 3.8) is 0 Å². The van der Waals surface area contributed by atoms with Crippen LogP contribution in [0.5, 0.6) is 0 Å². The molecule has 0 bridgehead atoms. The molecule has 0 heterocycles. The van der Waals surface area contributed by atoms with Gasteiger partial charge in [0, 0.05) is 33.1 Å². The summed E-state index contributed by atoms with van der Waals surface area (Å²) in [5.41, 5.74) is 2.02. The summed E-state index contributed by atoms with van der Waals surface area (Å²) in [6.07, 6.45) is 1.31. The van der Waals surface area contributed by atoms with Gasteiger partial charge in [-0.1, -0.05) is 49.4 Å². The topological polar surface area (TPSA) is 86.8 Å². The molecule has 180 valence electrons. The fraction of sp³-hybridized carbons (Fsp3) is 0.440. The Morgan fingerprint density at radius 2 is 1.67 bits per heavy atom. The zero-order valence-electron chi connectivity index (χ0n) is 20.0. The molecule has 2 aromatic carbocycles. The maximum absolute atomic E-state index is 13.2. The van der Waals surface area contributed by atoms with E-state index in [-0.39, 0.29) is 29.7 Å². The van der Waals surface area contributed by atoms with Crippen LogP contribution in [0.25, 0.3) is 0 Å². The van der Waals surface area contributed by atoms with E-state index in [4.69, 9.17) is 0 Å². The normalized spacial score (nSPS) is 12.4. The molecule has 7 nitrogen and oxygen atoms in total. The van der Waals surface area contributed by atoms with Crippen molar-refractivity contribution in [2.75, 3.05) is 20.1 Å². The first-order valence-corrected chi connectivity index (χ1v) is 12.8. The molecule has 2 aromatic rings. The van der Waals surface area contributed by atoms with Crippen molar-refractivity contribution >= 4 is 21.8 Å². The van der Waals surface area contributed by atoms with Gasteiger partial charge < -0.3 is 10.2 Å². The Kier molecular flexibility index (Phi) is 10.1. The van der Waals surface area contributed by atoms with Gasteiger partial charge in [-0.05, 0) is 49.9 Å². The molecule has 0 aliphatic carbocycles. The lowest BCUT2D eigenvalue weighted by Crippen LogP contribution is -2.48. The number of benzene rings is 2. The zero-order chi connectivity index (χ0) is 24.4. The van der Waals surface area contributed by atoms with Gasteiger partial charge in [0.25, 0.3) is 0 Å². The molecule has 1 atom stereocenters. The predicted octanol–water partition coefficient (Wildman–Crippen LogP) is 3.34. The number of rotatable bonds is 12. The van der Waals surface area contributed by atoms with Crippen LogP contribution in [0.2, 0.25) is 0 Å². The second-order valence-corrected chi connectivity index (χ2v) is 10.2. The number of amides is 2. The monoisotopic (exact) mass is 473 g/mol. The molecule has 0 radical (unpaired) electrons. The zero-order valence-corrected chi connectivity index (χ0v) is 20.8. The van der Waals surface area contributed by atoms with Crippen molar-refractivity contribution in [2.45, 2.75) is 57.5 Å². The van der Waals surface area contributed by atoms with Crippen LogP contribution < -0.4 is 5.32 Å². The Hall–Kier alpha value is -2.71. The minimum atomic E-state index is -3.61. The number of hydrogen-bond donors (Lipinski definition) is 1. The van der Waals surface area contributed by atoms with Crippen molar-refractivity contribution in [3.05, 3.63) is 65.7 Å². The van der Waals surface area contributed by atoms with Crippen LogP contribution in [-0.2, 0) is 26.2 Å². The van der Waals surface area contributed by atoms with E-state index in [0.29, 0.717) is 19.5 Å². The number of carbonyl (C=O) groups excluding carboxylic acids is 2. The minimum absolute atomic E-state index is 0.145. The summed E-state index contributed by atoms with van der Waals surface area (Å²) in [6, 6.07) is 15.4. The summed E-state index contributed by atoms with van der Waals surface area (Å²) in [5.74, 6) is -0.370. The molecule has 0 spiro atoms. The Balaban J connectivity index is 2.07. The Morgan fingerprint density at radius 1 is 1.03 bits per heavy atom. The van der Waals surface area contributed by atoms with E-state index >= 15 is 0 Å². The molecule has 8 heteroatoms. The van der Waals surface area contributed by atoms with Gasteiger partial charge in [-0.2, -0.15) is 0 Å². The van der Waals surface area contributed by atoms with Crippen LogP contribution in [0.1, 0.15) is 44.2 Å². The summed E-state index contributed by atoms with van der Waals surface area (Å²) in [7, 11) is -2.09. The number of nitrogens with one attached hydrogen (secondary N) is 1. The number of aryl methyl sites for hydroxylation is 1. The molecule has 0 aliphatic heterocycles. The average molecular weight is 474 g/mol. The molecule has 33 heavy (non-hydrogen) atoms. The van der Waals surface area contributed by atoms with Crippen molar-refractivity contribution in [2.24, 2.45) is 0 Å². The van der Waals surface area contributed by atoms with Crippen LogP contribution in [-0.4, -0.2) is 55.6 Å². The van der Waals surface area contributed by atoms with Crippen LogP contribution in [0.4, 0.5) is 0 Å². The summed E-state index contributed by atoms with van der Waals surface area (Å²) >= 11 is 0. The van der Waals surface area contributed by atoms with Crippen LogP contribution in [0.3, 0.4) is 0 Å². The van der Waals surface area contributed by atoms with Gasteiger partial charge in [0.1, 0.15) is 6.04 Å². The predicted molar refractivity (Wildman–Crippen MR) is 130 cm³/mol.